The highest BCUT2D eigenvalue weighted by Crippen LogP contribution is 2.53. The lowest BCUT2D eigenvalue weighted by Crippen LogP contribution is -2.50. The van der Waals surface area contributed by atoms with Crippen molar-refractivity contribution < 1.29 is 13.2 Å². The summed E-state index contributed by atoms with van der Waals surface area (Å²) in [5, 5.41) is 2.83. The Labute approximate surface area is 95.8 Å². The first-order valence-corrected chi connectivity index (χ1v) is 5.94. The normalized spacial score (nSPS) is 34.3. The Morgan fingerprint density at radius 3 is 2.25 bits per heavy atom. The predicted molar refractivity (Wildman–Crippen MR) is 59.2 cm³/mol. The van der Waals surface area contributed by atoms with Gasteiger partial charge in [0.1, 0.15) is 0 Å². The van der Waals surface area contributed by atoms with Gasteiger partial charge < -0.3 is 5.32 Å². The van der Waals surface area contributed by atoms with E-state index in [9.17, 15) is 13.2 Å². The average molecular weight is 237 g/mol. The highest BCUT2D eigenvalue weighted by atomic mass is 19.4. The van der Waals surface area contributed by atoms with Crippen molar-refractivity contribution in [2.24, 2.45) is 17.3 Å². The number of halogens is 3. The molecule has 0 aromatic rings. The molecule has 1 rings (SSSR count). The van der Waals surface area contributed by atoms with E-state index in [1.54, 1.807) is 7.05 Å². The van der Waals surface area contributed by atoms with Crippen molar-refractivity contribution in [3.05, 3.63) is 0 Å². The molecular weight excluding hydrogens is 215 g/mol. The van der Waals surface area contributed by atoms with Crippen LogP contribution in [0.1, 0.15) is 40.0 Å². The Morgan fingerprint density at radius 2 is 2.00 bits per heavy atom. The summed E-state index contributed by atoms with van der Waals surface area (Å²) < 4.78 is 37.3. The Morgan fingerprint density at radius 1 is 1.44 bits per heavy atom. The predicted octanol–water partition coefficient (Wildman–Crippen LogP) is 3.60. The van der Waals surface area contributed by atoms with Gasteiger partial charge in [0.15, 0.2) is 0 Å². The standard InChI is InChI=1S/C12H22F3N/c1-8-5-6-11(8,3)9(2)10(16-4)7-12(13,14)15/h8-10,16H,5-7H2,1-4H3. The van der Waals surface area contributed by atoms with Crippen LogP contribution in [0.15, 0.2) is 0 Å². The molecule has 4 atom stereocenters. The maximum Gasteiger partial charge on any atom is 0.390 e. The molecule has 4 heteroatoms. The van der Waals surface area contributed by atoms with Crippen LogP contribution in [-0.4, -0.2) is 19.3 Å². The van der Waals surface area contributed by atoms with Gasteiger partial charge in [-0.1, -0.05) is 20.8 Å². The van der Waals surface area contributed by atoms with Crippen molar-refractivity contribution >= 4 is 0 Å². The van der Waals surface area contributed by atoms with Crippen LogP contribution in [0, 0.1) is 17.3 Å². The molecule has 4 unspecified atom stereocenters. The van der Waals surface area contributed by atoms with Gasteiger partial charge in [-0.3, -0.25) is 0 Å². The Balaban J connectivity index is 2.66. The fraction of sp³-hybridized carbons (Fsp3) is 1.00. The molecule has 0 heterocycles. The Kier molecular flexibility index (Phi) is 3.93. The third-order valence-electron chi connectivity index (χ3n) is 4.71. The number of rotatable bonds is 4. The second-order valence-corrected chi connectivity index (χ2v) is 5.45. The second kappa shape index (κ2) is 4.55. The van der Waals surface area contributed by atoms with Gasteiger partial charge in [0.25, 0.3) is 0 Å². The lowest BCUT2D eigenvalue weighted by atomic mass is 9.54. The van der Waals surface area contributed by atoms with E-state index in [2.05, 4.69) is 19.2 Å². The van der Waals surface area contributed by atoms with E-state index < -0.39 is 18.6 Å². The highest BCUT2D eigenvalue weighted by Gasteiger charge is 2.47. The quantitative estimate of drug-likeness (QED) is 0.787. The molecule has 1 N–H and O–H groups in total. The first-order valence-electron chi connectivity index (χ1n) is 5.94. The fourth-order valence-corrected chi connectivity index (χ4v) is 2.80. The molecule has 0 aliphatic heterocycles. The third kappa shape index (κ3) is 2.70. The molecule has 0 radical (unpaired) electrons. The molecule has 1 saturated carbocycles. The minimum absolute atomic E-state index is 0.0582. The Bertz CT molecular complexity index is 239. The molecule has 1 fully saturated rings. The van der Waals surface area contributed by atoms with Crippen molar-refractivity contribution in [2.45, 2.75) is 52.3 Å². The second-order valence-electron chi connectivity index (χ2n) is 5.45. The molecule has 0 amide bonds. The van der Waals surface area contributed by atoms with Crippen LogP contribution in [-0.2, 0) is 0 Å². The van der Waals surface area contributed by atoms with Crippen molar-refractivity contribution in [3.63, 3.8) is 0 Å². The van der Waals surface area contributed by atoms with Crippen molar-refractivity contribution in [3.8, 4) is 0 Å². The summed E-state index contributed by atoms with van der Waals surface area (Å²) in [6.45, 7) is 6.20. The maximum absolute atomic E-state index is 12.4. The van der Waals surface area contributed by atoms with E-state index in [4.69, 9.17) is 0 Å². The summed E-state index contributed by atoms with van der Waals surface area (Å²) in [5.74, 6) is 0.592. The van der Waals surface area contributed by atoms with Crippen LogP contribution >= 0.6 is 0 Å². The van der Waals surface area contributed by atoms with E-state index in [0.717, 1.165) is 12.8 Å². The SMILES string of the molecule is CNC(CC(F)(F)F)C(C)C1(C)CCC1C. The summed E-state index contributed by atoms with van der Waals surface area (Å²) >= 11 is 0. The zero-order chi connectivity index (χ0) is 12.6. The molecule has 0 saturated heterocycles. The average Bonchev–Trinajstić information content (AvgIpc) is 2.20. The Hall–Kier alpha value is -0.250. The molecule has 0 aromatic heterocycles. The zero-order valence-electron chi connectivity index (χ0n) is 10.5. The van der Waals surface area contributed by atoms with Crippen LogP contribution in [0.2, 0.25) is 0 Å². The molecular formula is C12H22F3N. The van der Waals surface area contributed by atoms with Gasteiger partial charge >= 0.3 is 6.18 Å². The maximum atomic E-state index is 12.4. The molecule has 1 nitrogen and oxygen atoms in total. The van der Waals surface area contributed by atoms with Crippen molar-refractivity contribution in [1.29, 1.82) is 0 Å². The van der Waals surface area contributed by atoms with Crippen LogP contribution in [0.25, 0.3) is 0 Å². The number of alkyl halides is 3. The van der Waals surface area contributed by atoms with Gasteiger partial charge in [-0.15, -0.1) is 0 Å². The van der Waals surface area contributed by atoms with Crippen molar-refractivity contribution in [1.82, 2.24) is 5.32 Å². The molecule has 16 heavy (non-hydrogen) atoms. The van der Waals surface area contributed by atoms with E-state index in [1.165, 1.54) is 0 Å². The zero-order valence-corrected chi connectivity index (χ0v) is 10.5. The van der Waals surface area contributed by atoms with Crippen LogP contribution in [0.3, 0.4) is 0 Å². The summed E-state index contributed by atoms with van der Waals surface area (Å²) in [7, 11) is 1.62. The largest absolute Gasteiger partial charge is 0.390 e. The summed E-state index contributed by atoms with van der Waals surface area (Å²) in [6.07, 6.45) is -2.62. The minimum Gasteiger partial charge on any atom is -0.316 e. The lowest BCUT2D eigenvalue weighted by Gasteiger charge is -2.52. The molecule has 1 aliphatic rings. The van der Waals surface area contributed by atoms with Crippen LogP contribution < -0.4 is 5.32 Å². The van der Waals surface area contributed by atoms with Crippen LogP contribution in [0.4, 0.5) is 13.2 Å². The van der Waals surface area contributed by atoms with Gasteiger partial charge in [-0.2, -0.15) is 13.2 Å². The lowest BCUT2D eigenvalue weighted by molar-refractivity contribution is -0.149. The van der Waals surface area contributed by atoms with Gasteiger partial charge in [-0.05, 0) is 37.1 Å². The molecule has 0 spiro atoms. The van der Waals surface area contributed by atoms with Crippen LogP contribution in [0.5, 0.6) is 0 Å². The fourth-order valence-electron chi connectivity index (χ4n) is 2.80. The number of hydrogen-bond donors (Lipinski definition) is 1. The third-order valence-corrected chi connectivity index (χ3v) is 4.71. The van der Waals surface area contributed by atoms with Gasteiger partial charge in [0.05, 0.1) is 6.42 Å². The highest BCUT2D eigenvalue weighted by molar-refractivity contribution is 4.97. The van der Waals surface area contributed by atoms with Gasteiger partial charge in [0, 0.05) is 6.04 Å². The van der Waals surface area contributed by atoms with E-state index in [1.807, 2.05) is 6.92 Å². The monoisotopic (exact) mass is 237 g/mol. The first kappa shape index (κ1) is 13.8. The topological polar surface area (TPSA) is 12.0 Å². The molecule has 0 aromatic carbocycles. The van der Waals surface area contributed by atoms with Gasteiger partial charge in [0.2, 0.25) is 0 Å². The summed E-state index contributed by atoms with van der Waals surface area (Å²) in [5.41, 5.74) is 0.0684. The molecule has 96 valence electrons. The first-order chi connectivity index (χ1) is 7.20. The molecule has 0 bridgehead atoms. The van der Waals surface area contributed by atoms with Gasteiger partial charge in [-0.25, -0.2) is 0 Å². The summed E-state index contributed by atoms with van der Waals surface area (Å²) in [4.78, 5) is 0. The van der Waals surface area contributed by atoms with Crippen molar-refractivity contribution in [2.75, 3.05) is 7.05 Å². The summed E-state index contributed by atoms with van der Waals surface area (Å²) in [6, 6.07) is -0.465. The molecule has 1 aliphatic carbocycles. The van der Waals surface area contributed by atoms with E-state index >= 15 is 0 Å². The number of nitrogens with one attached hydrogen (secondary N) is 1. The smallest absolute Gasteiger partial charge is 0.316 e. The van der Waals surface area contributed by atoms with E-state index in [-0.39, 0.29) is 11.3 Å². The van der Waals surface area contributed by atoms with E-state index in [0.29, 0.717) is 5.92 Å². The minimum atomic E-state index is -4.08. The number of hydrogen-bond acceptors (Lipinski definition) is 1.